The molecular weight excluding hydrogens is 360 g/mol. The molecule has 0 unspecified atom stereocenters. The topological polar surface area (TPSA) is 62.1 Å². The van der Waals surface area contributed by atoms with Gasteiger partial charge in [-0.05, 0) is 66.4 Å². The Morgan fingerprint density at radius 1 is 1.07 bits per heavy atom. The van der Waals surface area contributed by atoms with Gasteiger partial charge in [0.05, 0.1) is 23.7 Å². The quantitative estimate of drug-likeness (QED) is 0.577. The minimum atomic E-state index is -0.560. The van der Waals surface area contributed by atoms with Crippen molar-refractivity contribution in [2.24, 2.45) is 5.41 Å². The fourth-order valence-electron chi connectivity index (χ4n) is 3.32. The predicted octanol–water partition coefficient (Wildman–Crippen LogP) is 5.06. The molecule has 4 heteroatoms. The van der Waals surface area contributed by atoms with Gasteiger partial charge < -0.3 is 10.1 Å². The van der Waals surface area contributed by atoms with Gasteiger partial charge in [0.2, 0.25) is 0 Å². The number of esters is 1. The molecule has 0 atom stereocenters. The Balaban J connectivity index is 1.73. The highest BCUT2D eigenvalue weighted by Gasteiger charge is 2.28. The van der Waals surface area contributed by atoms with Gasteiger partial charge in [-0.15, -0.1) is 0 Å². The fourth-order valence-corrected chi connectivity index (χ4v) is 3.32. The van der Waals surface area contributed by atoms with E-state index in [9.17, 15) is 10.1 Å². The van der Waals surface area contributed by atoms with Gasteiger partial charge in [0.1, 0.15) is 0 Å². The van der Waals surface area contributed by atoms with E-state index in [2.05, 4.69) is 47.8 Å². The fraction of sp³-hybridized carbons (Fsp3) is 0.280. The Morgan fingerprint density at radius 2 is 1.79 bits per heavy atom. The van der Waals surface area contributed by atoms with E-state index in [1.165, 1.54) is 0 Å². The summed E-state index contributed by atoms with van der Waals surface area (Å²) in [6, 6.07) is 22.5. The number of nitrogens with zero attached hydrogens (tertiary/aromatic N) is 1. The Morgan fingerprint density at radius 3 is 2.55 bits per heavy atom. The first-order chi connectivity index (χ1) is 13.9. The van der Waals surface area contributed by atoms with Gasteiger partial charge in [0.15, 0.2) is 0 Å². The maximum atomic E-state index is 12.0. The van der Waals surface area contributed by atoms with Crippen LogP contribution in [0.4, 0.5) is 0 Å². The zero-order valence-electron chi connectivity index (χ0n) is 17.2. The molecule has 0 radical (unpaired) electrons. The standard InChI is InChI=1S/C25H26N2O2/c1-4-29-24(28)25(2,3)17-27-16-18-9-10-20-14-21(12-11-19(20)13-18)23-8-6-5-7-22(23)15-26/h5-14,27H,4,16-17H2,1-3H3. The van der Waals surface area contributed by atoms with Gasteiger partial charge in [-0.3, -0.25) is 4.79 Å². The number of ether oxygens (including phenoxy) is 1. The maximum Gasteiger partial charge on any atom is 0.312 e. The van der Waals surface area contributed by atoms with E-state index in [-0.39, 0.29) is 5.97 Å². The molecule has 29 heavy (non-hydrogen) atoms. The summed E-state index contributed by atoms with van der Waals surface area (Å²) < 4.78 is 5.13. The second-order valence-corrected chi connectivity index (χ2v) is 7.76. The first kappa shape index (κ1) is 20.6. The van der Waals surface area contributed by atoms with Crippen molar-refractivity contribution in [1.82, 2.24) is 5.32 Å². The number of hydrogen-bond donors (Lipinski definition) is 1. The van der Waals surface area contributed by atoms with E-state index in [4.69, 9.17) is 4.74 Å². The molecule has 0 aliphatic heterocycles. The monoisotopic (exact) mass is 386 g/mol. The van der Waals surface area contributed by atoms with Crippen molar-refractivity contribution in [3.63, 3.8) is 0 Å². The summed E-state index contributed by atoms with van der Waals surface area (Å²) in [4.78, 5) is 12.0. The lowest BCUT2D eigenvalue weighted by molar-refractivity contribution is -0.153. The summed E-state index contributed by atoms with van der Waals surface area (Å²) in [6.07, 6.45) is 0. The minimum absolute atomic E-state index is 0.184. The van der Waals surface area contributed by atoms with Gasteiger partial charge >= 0.3 is 5.97 Å². The van der Waals surface area contributed by atoms with Crippen LogP contribution in [0.1, 0.15) is 31.9 Å². The Kier molecular flexibility index (Phi) is 6.31. The molecule has 0 aromatic heterocycles. The number of carbonyl (C=O) groups is 1. The Labute approximate surface area is 172 Å². The zero-order chi connectivity index (χ0) is 20.9. The second-order valence-electron chi connectivity index (χ2n) is 7.76. The molecule has 0 spiro atoms. The van der Waals surface area contributed by atoms with Crippen LogP contribution in [0.25, 0.3) is 21.9 Å². The third-order valence-electron chi connectivity index (χ3n) is 4.99. The van der Waals surface area contributed by atoms with Crippen molar-refractivity contribution in [3.05, 3.63) is 71.8 Å². The van der Waals surface area contributed by atoms with Crippen LogP contribution in [0.5, 0.6) is 0 Å². The van der Waals surface area contributed by atoms with Crippen LogP contribution in [0.3, 0.4) is 0 Å². The van der Waals surface area contributed by atoms with Gasteiger partial charge in [0.25, 0.3) is 0 Å². The number of nitrogens with one attached hydrogen (secondary N) is 1. The molecule has 3 aromatic rings. The number of benzene rings is 3. The molecule has 0 saturated carbocycles. The van der Waals surface area contributed by atoms with E-state index in [0.29, 0.717) is 25.3 Å². The van der Waals surface area contributed by atoms with Crippen LogP contribution in [0.2, 0.25) is 0 Å². The normalized spacial score (nSPS) is 11.2. The maximum absolute atomic E-state index is 12.0. The minimum Gasteiger partial charge on any atom is -0.466 e. The molecule has 0 bridgehead atoms. The number of rotatable bonds is 7. The third kappa shape index (κ3) is 4.82. The summed E-state index contributed by atoms with van der Waals surface area (Å²) in [6.45, 7) is 7.22. The van der Waals surface area contributed by atoms with E-state index in [1.54, 1.807) is 0 Å². The van der Waals surface area contributed by atoms with Gasteiger partial charge in [-0.2, -0.15) is 5.26 Å². The molecule has 0 heterocycles. The molecule has 148 valence electrons. The Bertz CT molecular complexity index is 1060. The highest BCUT2D eigenvalue weighted by Crippen LogP contribution is 2.27. The summed E-state index contributed by atoms with van der Waals surface area (Å²) in [5, 5.41) is 15.0. The molecule has 1 N–H and O–H groups in total. The lowest BCUT2D eigenvalue weighted by Gasteiger charge is -2.22. The van der Waals surface area contributed by atoms with Crippen molar-refractivity contribution in [1.29, 1.82) is 5.26 Å². The van der Waals surface area contributed by atoms with E-state index >= 15 is 0 Å². The van der Waals surface area contributed by atoms with Gasteiger partial charge in [-0.1, -0.05) is 42.5 Å². The highest BCUT2D eigenvalue weighted by atomic mass is 16.5. The SMILES string of the molecule is CCOC(=O)C(C)(C)CNCc1ccc2cc(-c3ccccc3C#N)ccc2c1. The van der Waals surface area contributed by atoms with Crippen LogP contribution in [0.15, 0.2) is 60.7 Å². The van der Waals surface area contributed by atoms with E-state index in [0.717, 1.165) is 27.5 Å². The largest absolute Gasteiger partial charge is 0.466 e. The summed E-state index contributed by atoms with van der Waals surface area (Å²) in [5.41, 5.74) is 3.26. The van der Waals surface area contributed by atoms with E-state index in [1.807, 2.05) is 45.0 Å². The third-order valence-corrected chi connectivity index (χ3v) is 4.99. The molecule has 0 fully saturated rings. The summed E-state index contributed by atoms with van der Waals surface area (Å²) >= 11 is 0. The summed E-state index contributed by atoms with van der Waals surface area (Å²) in [7, 11) is 0. The van der Waals surface area contributed by atoms with Crippen LogP contribution in [-0.2, 0) is 16.1 Å². The molecule has 3 aromatic carbocycles. The summed E-state index contributed by atoms with van der Waals surface area (Å²) in [5.74, 6) is -0.184. The van der Waals surface area contributed by atoms with Crippen molar-refractivity contribution < 1.29 is 9.53 Å². The number of hydrogen-bond acceptors (Lipinski definition) is 4. The lowest BCUT2D eigenvalue weighted by atomic mass is 9.93. The van der Waals surface area contributed by atoms with Gasteiger partial charge in [-0.25, -0.2) is 0 Å². The molecule has 0 aliphatic carbocycles. The van der Waals surface area contributed by atoms with Crippen LogP contribution < -0.4 is 5.32 Å². The average Bonchev–Trinajstić information content (AvgIpc) is 2.73. The molecule has 0 amide bonds. The van der Waals surface area contributed by atoms with Crippen molar-refractivity contribution >= 4 is 16.7 Å². The lowest BCUT2D eigenvalue weighted by Crippen LogP contribution is -2.37. The van der Waals surface area contributed by atoms with Crippen LogP contribution in [-0.4, -0.2) is 19.1 Å². The van der Waals surface area contributed by atoms with Crippen LogP contribution >= 0.6 is 0 Å². The second kappa shape index (κ2) is 8.89. The number of carbonyl (C=O) groups excluding carboxylic acids is 1. The zero-order valence-corrected chi connectivity index (χ0v) is 17.2. The van der Waals surface area contributed by atoms with E-state index < -0.39 is 5.41 Å². The van der Waals surface area contributed by atoms with Gasteiger partial charge in [0, 0.05) is 13.1 Å². The number of fused-ring (bicyclic) bond motifs is 1. The molecule has 3 rings (SSSR count). The smallest absolute Gasteiger partial charge is 0.312 e. The molecule has 0 aliphatic rings. The first-order valence-electron chi connectivity index (χ1n) is 9.85. The van der Waals surface area contributed by atoms with Crippen LogP contribution in [0, 0.1) is 16.7 Å². The Hall–Kier alpha value is -3.16. The van der Waals surface area contributed by atoms with Crippen molar-refractivity contribution in [3.8, 4) is 17.2 Å². The molecule has 4 nitrogen and oxygen atoms in total. The molecule has 0 saturated heterocycles. The number of nitriles is 1. The average molecular weight is 386 g/mol. The predicted molar refractivity (Wildman–Crippen MR) is 116 cm³/mol. The van der Waals surface area contributed by atoms with Crippen molar-refractivity contribution in [2.45, 2.75) is 27.3 Å². The first-order valence-corrected chi connectivity index (χ1v) is 9.85. The molecular formula is C25H26N2O2. The highest BCUT2D eigenvalue weighted by molar-refractivity contribution is 5.88. The van der Waals surface area contributed by atoms with Crippen molar-refractivity contribution in [2.75, 3.05) is 13.2 Å².